The molecule has 2 atom stereocenters. The van der Waals surface area contributed by atoms with Crippen LogP contribution in [-0.2, 0) is 6.54 Å². The van der Waals surface area contributed by atoms with E-state index in [4.69, 9.17) is 0 Å². The number of benzene rings is 1. The Hall–Kier alpha value is -3.08. The predicted octanol–water partition coefficient (Wildman–Crippen LogP) is 4.29. The molecule has 4 rings (SSSR count). The minimum Gasteiger partial charge on any atom is -0.386 e. The number of likely N-dealkylation sites (tertiary alicyclic amines) is 1. The number of piperidine rings is 1. The molecule has 0 aliphatic carbocycles. The molecule has 0 spiro atoms. The van der Waals surface area contributed by atoms with Crippen molar-refractivity contribution in [2.45, 2.75) is 58.1 Å². The highest BCUT2D eigenvalue weighted by molar-refractivity contribution is 5.75. The maximum Gasteiger partial charge on any atom is 0.574 e. The van der Waals surface area contributed by atoms with Crippen LogP contribution >= 0.6 is 0 Å². The summed E-state index contributed by atoms with van der Waals surface area (Å²) < 4.78 is 40.9. The van der Waals surface area contributed by atoms with Gasteiger partial charge in [-0.25, -0.2) is 14.8 Å². The topological polar surface area (TPSA) is 73.8 Å². The van der Waals surface area contributed by atoms with Crippen molar-refractivity contribution < 1.29 is 22.7 Å². The molecule has 0 radical (unpaired) electrons. The molecule has 0 saturated carbocycles. The summed E-state index contributed by atoms with van der Waals surface area (Å²) in [5.41, 5.74) is 1.34. The minimum absolute atomic E-state index is 0.0822. The van der Waals surface area contributed by atoms with E-state index in [9.17, 15) is 18.0 Å². The third kappa shape index (κ3) is 7.70. The van der Waals surface area contributed by atoms with Crippen LogP contribution in [0.3, 0.4) is 0 Å². The Morgan fingerprint density at radius 1 is 1.05 bits per heavy atom. The number of carbonyl (C=O) groups is 1. The average molecular weight is 521 g/mol. The lowest BCUT2D eigenvalue weighted by atomic mass is 9.93. The molecule has 2 aliphatic heterocycles. The van der Waals surface area contributed by atoms with E-state index in [1.54, 1.807) is 0 Å². The van der Waals surface area contributed by atoms with Gasteiger partial charge in [-0.05, 0) is 57.7 Å². The summed E-state index contributed by atoms with van der Waals surface area (Å²) >= 11 is 0. The van der Waals surface area contributed by atoms with Gasteiger partial charge in [-0.3, -0.25) is 4.90 Å². The maximum absolute atomic E-state index is 13.0. The number of hydrogen-bond acceptors (Lipinski definition) is 6. The zero-order valence-corrected chi connectivity index (χ0v) is 21.3. The number of amides is 2. The Balaban J connectivity index is 1.19. The van der Waals surface area contributed by atoms with E-state index in [0.717, 1.165) is 45.1 Å². The van der Waals surface area contributed by atoms with Crippen LogP contribution in [0.2, 0.25) is 0 Å². The van der Waals surface area contributed by atoms with Gasteiger partial charge in [-0.1, -0.05) is 30.3 Å². The minimum atomic E-state index is -4.81. The highest BCUT2D eigenvalue weighted by Gasteiger charge is 2.34. The summed E-state index contributed by atoms with van der Waals surface area (Å²) in [6.45, 7) is 8.72. The highest BCUT2D eigenvalue weighted by Crippen LogP contribution is 2.25. The molecule has 2 saturated heterocycles. The van der Waals surface area contributed by atoms with Crippen LogP contribution in [0.4, 0.5) is 23.8 Å². The molecule has 0 bridgehead atoms. The van der Waals surface area contributed by atoms with Crippen LogP contribution in [0.5, 0.6) is 5.88 Å². The first kappa shape index (κ1) is 27.0. The van der Waals surface area contributed by atoms with Crippen LogP contribution in [0, 0.1) is 5.92 Å². The molecule has 1 aromatic heterocycles. The Morgan fingerprint density at radius 2 is 1.73 bits per heavy atom. The number of rotatable bonds is 7. The Kier molecular flexibility index (Phi) is 8.73. The number of anilines is 1. The second kappa shape index (κ2) is 12.0. The number of aromatic nitrogens is 2. The molecular formula is C26H35F3N6O2. The van der Waals surface area contributed by atoms with Crippen LogP contribution in [0.25, 0.3) is 0 Å². The summed E-state index contributed by atoms with van der Waals surface area (Å²) in [5, 5.41) is 3.10. The molecule has 202 valence electrons. The fourth-order valence-electron chi connectivity index (χ4n) is 5.30. The van der Waals surface area contributed by atoms with Crippen molar-refractivity contribution in [3.05, 3.63) is 48.3 Å². The summed E-state index contributed by atoms with van der Waals surface area (Å²) in [6, 6.07) is 10.2. The van der Waals surface area contributed by atoms with Crippen LogP contribution in [-0.4, -0.2) is 77.0 Å². The fraction of sp³-hybridized carbons (Fsp3) is 0.577. The molecule has 2 aromatic rings. The first-order valence-corrected chi connectivity index (χ1v) is 12.8. The quantitative estimate of drug-likeness (QED) is 0.588. The van der Waals surface area contributed by atoms with E-state index in [1.807, 2.05) is 29.7 Å². The van der Waals surface area contributed by atoms with Crippen molar-refractivity contribution in [1.82, 2.24) is 25.1 Å². The molecule has 2 amide bonds. The van der Waals surface area contributed by atoms with E-state index in [2.05, 4.69) is 49.2 Å². The lowest BCUT2D eigenvalue weighted by Crippen LogP contribution is -2.61. The molecule has 1 aromatic carbocycles. The normalized spacial score (nSPS) is 21.6. The first-order chi connectivity index (χ1) is 17.7. The predicted molar refractivity (Wildman–Crippen MR) is 134 cm³/mol. The van der Waals surface area contributed by atoms with Crippen LogP contribution in [0.1, 0.15) is 38.7 Å². The van der Waals surface area contributed by atoms with Crippen molar-refractivity contribution in [2.75, 3.05) is 37.6 Å². The van der Waals surface area contributed by atoms with Gasteiger partial charge in [-0.15, -0.1) is 13.2 Å². The molecule has 37 heavy (non-hydrogen) atoms. The van der Waals surface area contributed by atoms with Crippen molar-refractivity contribution >= 4 is 11.8 Å². The molecular weight excluding hydrogens is 485 g/mol. The number of nitrogens with zero attached hydrogens (tertiary/aromatic N) is 5. The SMILES string of the molecule is CC1CN(c2cnc(OC(F)(F)F)cn2)CC(C)N1C(=O)NCCC1CCN(Cc2ccccc2)CC1. The highest BCUT2D eigenvalue weighted by atomic mass is 19.4. The molecule has 11 heteroatoms. The number of halogens is 3. The molecule has 2 aliphatic rings. The smallest absolute Gasteiger partial charge is 0.386 e. The molecule has 2 unspecified atom stereocenters. The first-order valence-electron chi connectivity index (χ1n) is 12.8. The van der Waals surface area contributed by atoms with Gasteiger partial charge in [0.1, 0.15) is 5.82 Å². The zero-order valence-electron chi connectivity index (χ0n) is 21.3. The van der Waals surface area contributed by atoms with E-state index < -0.39 is 12.2 Å². The molecule has 2 fully saturated rings. The van der Waals surface area contributed by atoms with E-state index in [1.165, 1.54) is 11.8 Å². The maximum atomic E-state index is 13.0. The van der Waals surface area contributed by atoms with Gasteiger partial charge >= 0.3 is 12.4 Å². The molecule has 8 nitrogen and oxygen atoms in total. The van der Waals surface area contributed by atoms with Crippen molar-refractivity contribution in [1.29, 1.82) is 0 Å². The van der Waals surface area contributed by atoms with Gasteiger partial charge in [0.2, 0.25) is 5.88 Å². The largest absolute Gasteiger partial charge is 0.574 e. The summed E-state index contributed by atoms with van der Waals surface area (Å²) in [6.07, 6.45) is 0.669. The molecule has 1 N–H and O–H groups in total. The number of alkyl halides is 3. The summed E-state index contributed by atoms with van der Waals surface area (Å²) in [4.78, 5) is 27.0. The second-order valence-corrected chi connectivity index (χ2v) is 10.00. The van der Waals surface area contributed by atoms with E-state index in [-0.39, 0.29) is 18.1 Å². The van der Waals surface area contributed by atoms with Gasteiger partial charge in [0.15, 0.2) is 0 Å². The zero-order chi connectivity index (χ0) is 26.4. The van der Waals surface area contributed by atoms with Gasteiger partial charge in [0.05, 0.1) is 12.4 Å². The summed E-state index contributed by atoms with van der Waals surface area (Å²) in [5.74, 6) is 0.464. The second-order valence-electron chi connectivity index (χ2n) is 10.00. The number of nitrogens with one attached hydrogen (secondary N) is 1. The van der Waals surface area contributed by atoms with Gasteiger partial charge in [0.25, 0.3) is 0 Å². The lowest BCUT2D eigenvalue weighted by molar-refractivity contribution is -0.276. The van der Waals surface area contributed by atoms with Crippen molar-refractivity contribution in [3.63, 3.8) is 0 Å². The Morgan fingerprint density at radius 3 is 2.32 bits per heavy atom. The monoisotopic (exact) mass is 520 g/mol. The Bertz CT molecular complexity index is 988. The van der Waals surface area contributed by atoms with Gasteiger partial charge in [-0.2, -0.15) is 0 Å². The number of urea groups is 1. The van der Waals surface area contributed by atoms with Gasteiger partial charge in [0, 0.05) is 38.3 Å². The lowest BCUT2D eigenvalue weighted by Gasteiger charge is -2.44. The number of ether oxygens (including phenoxy) is 1. The van der Waals surface area contributed by atoms with Crippen molar-refractivity contribution in [2.24, 2.45) is 5.92 Å². The summed E-state index contributed by atoms with van der Waals surface area (Å²) in [7, 11) is 0. The number of piperazine rings is 1. The van der Waals surface area contributed by atoms with Gasteiger partial charge < -0.3 is 19.9 Å². The molecule has 3 heterocycles. The standard InChI is InChI=1S/C26H35F3N6O2/c1-19-16-34(23-14-32-24(15-31-23)37-26(27,28)29)17-20(2)35(19)25(36)30-11-8-21-9-12-33(13-10-21)18-22-6-4-3-5-7-22/h3-7,14-15,19-21H,8-13,16-18H2,1-2H3,(H,30,36). The fourth-order valence-corrected chi connectivity index (χ4v) is 5.30. The third-order valence-electron chi connectivity index (χ3n) is 7.10. The average Bonchev–Trinajstić information content (AvgIpc) is 2.85. The van der Waals surface area contributed by atoms with Crippen LogP contribution < -0.4 is 15.0 Å². The van der Waals surface area contributed by atoms with Crippen molar-refractivity contribution in [3.8, 4) is 5.88 Å². The number of carbonyl (C=O) groups excluding carboxylic acids is 1. The van der Waals surface area contributed by atoms with E-state index in [0.29, 0.717) is 31.4 Å². The Labute approximate surface area is 215 Å². The van der Waals surface area contributed by atoms with E-state index >= 15 is 0 Å². The number of hydrogen-bond donors (Lipinski definition) is 1. The third-order valence-corrected chi connectivity index (χ3v) is 7.10. The van der Waals surface area contributed by atoms with Crippen LogP contribution in [0.15, 0.2) is 42.7 Å².